The van der Waals surface area contributed by atoms with Crippen LogP contribution in [0.5, 0.6) is 5.75 Å². The van der Waals surface area contributed by atoms with Crippen LogP contribution < -0.4 is 5.32 Å². The molecule has 0 radical (unpaired) electrons. The van der Waals surface area contributed by atoms with Crippen LogP contribution >= 0.6 is 0 Å². The summed E-state index contributed by atoms with van der Waals surface area (Å²) in [6.45, 7) is 1.80. The minimum Gasteiger partial charge on any atom is -0.508 e. The highest BCUT2D eigenvalue weighted by Crippen LogP contribution is 2.47. The van der Waals surface area contributed by atoms with E-state index in [1.165, 1.54) is 18.2 Å². The Morgan fingerprint density at radius 1 is 1.08 bits per heavy atom. The summed E-state index contributed by atoms with van der Waals surface area (Å²) < 4.78 is 33.3. The van der Waals surface area contributed by atoms with Gasteiger partial charge in [-0.2, -0.15) is 0 Å². The molecule has 5 nitrogen and oxygen atoms in total. The number of phenols is 1. The Morgan fingerprint density at radius 2 is 1.76 bits per heavy atom. The van der Waals surface area contributed by atoms with E-state index in [9.17, 15) is 18.7 Å². The molecule has 4 rings (SSSR count). The zero-order valence-electron chi connectivity index (χ0n) is 13.3. The second kappa shape index (κ2) is 5.79. The number of carbonyl (C=O) groups is 1. The number of fused-ring (bicyclic) bond motifs is 1. The van der Waals surface area contributed by atoms with Crippen molar-refractivity contribution in [3.63, 3.8) is 0 Å². The van der Waals surface area contributed by atoms with Crippen molar-refractivity contribution in [2.24, 2.45) is 0 Å². The van der Waals surface area contributed by atoms with Crippen molar-refractivity contribution >= 4 is 11.6 Å². The number of nitrogens with one attached hydrogen (secondary N) is 1. The maximum absolute atomic E-state index is 14.3. The molecule has 1 saturated heterocycles. The fraction of sp³-hybridized carbons (Fsp3) is 0.278. The Morgan fingerprint density at radius 3 is 2.44 bits per heavy atom. The number of morpholine rings is 1. The summed E-state index contributed by atoms with van der Waals surface area (Å²) >= 11 is 0. The first kappa shape index (κ1) is 16.0. The molecule has 1 unspecified atom stereocenters. The van der Waals surface area contributed by atoms with E-state index in [1.54, 1.807) is 12.1 Å². The highest BCUT2D eigenvalue weighted by molar-refractivity contribution is 6.08. The van der Waals surface area contributed by atoms with E-state index >= 15 is 0 Å². The van der Waals surface area contributed by atoms with Crippen LogP contribution in [0.3, 0.4) is 0 Å². The van der Waals surface area contributed by atoms with Crippen LogP contribution in [-0.2, 0) is 15.1 Å². The quantitative estimate of drug-likeness (QED) is 0.875. The van der Waals surface area contributed by atoms with Gasteiger partial charge in [0.2, 0.25) is 0 Å². The van der Waals surface area contributed by atoms with Gasteiger partial charge in [0.25, 0.3) is 5.91 Å². The third-order valence-electron chi connectivity index (χ3n) is 4.82. The number of rotatable bonds is 2. The highest BCUT2D eigenvalue weighted by atomic mass is 19.2. The molecule has 0 aromatic heterocycles. The Hall–Kier alpha value is -2.51. The van der Waals surface area contributed by atoms with Gasteiger partial charge in [0.1, 0.15) is 5.75 Å². The monoisotopic (exact) mass is 346 g/mol. The molecule has 2 N–H and O–H groups in total. The van der Waals surface area contributed by atoms with Crippen LogP contribution in [0.2, 0.25) is 0 Å². The maximum Gasteiger partial charge on any atom is 0.254 e. The van der Waals surface area contributed by atoms with Crippen LogP contribution in [0.1, 0.15) is 11.1 Å². The molecule has 2 aromatic rings. The normalized spacial score (nSPS) is 23.4. The van der Waals surface area contributed by atoms with E-state index in [-0.39, 0.29) is 11.4 Å². The average Bonchev–Trinajstić information content (AvgIpc) is 2.93. The Balaban J connectivity index is 1.98. The summed E-state index contributed by atoms with van der Waals surface area (Å²) in [6.07, 6.45) is 0. The number of halogens is 2. The van der Waals surface area contributed by atoms with Gasteiger partial charge in [-0.25, -0.2) is 8.78 Å². The maximum atomic E-state index is 14.3. The molecule has 0 saturated carbocycles. The van der Waals surface area contributed by atoms with Gasteiger partial charge < -0.3 is 15.2 Å². The molecule has 7 heteroatoms. The van der Waals surface area contributed by atoms with E-state index in [0.29, 0.717) is 37.4 Å². The lowest BCUT2D eigenvalue weighted by Crippen LogP contribution is -2.55. The number of aromatic hydroxyl groups is 1. The van der Waals surface area contributed by atoms with E-state index < -0.39 is 23.1 Å². The molecule has 130 valence electrons. The zero-order valence-corrected chi connectivity index (χ0v) is 13.3. The summed E-state index contributed by atoms with van der Waals surface area (Å²) in [5.74, 6) is -2.47. The molecule has 0 aliphatic carbocycles. The topological polar surface area (TPSA) is 61.8 Å². The molecular weight excluding hydrogens is 330 g/mol. The van der Waals surface area contributed by atoms with E-state index in [2.05, 4.69) is 5.32 Å². The first-order valence-electron chi connectivity index (χ1n) is 7.97. The summed E-state index contributed by atoms with van der Waals surface area (Å²) in [4.78, 5) is 15.0. The van der Waals surface area contributed by atoms with Crippen molar-refractivity contribution in [2.45, 2.75) is 5.54 Å². The van der Waals surface area contributed by atoms with Crippen LogP contribution in [0.25, 0.3) is 0 Å². The second-order valence-corrected chi connectivity index (χ2v) is 6.09. The lowest BCUT2D eigenvalue weighted by molar-refractivity contribution is -0.128. The molecule has 1 atom stereocenters. The van der Waals surface area contributed by atoms with Crippen molar-refractivity contribution in [1.29, 1.82) is 0 Å². The van der Waals surface area contributed by atoms with E-state index in [1.807, 2.05) is 4.90 Å². The summed E-state index contributed by atoms with van der Waals surface area (Å²) in [6, 6.07) is 8.67. The Bertz CT molecular complexity index is 835. The number of phenolic OH excluding ortho intramolecular Hbond substituents is 1. The lowest BCUT2D eigenvalue weighted by Gasteiger charge is -2.42. The van der Waals surface area contributed by atoms with Crippen molar-refractivity contribution in [3.8, 4) is 5.75 Å². The van der Waals surface area contributed by atoms with Crippen molar-refractivity contribution in [1.82, 2.24) is 4.90 Å². The largest absolute Gasteiger partial charge is 0.508 e. The number of ether oxygens (including phenoxy) is 1. The van der Waals surface area contributed by atoms with Crippen LogP contribution in [0.4, 0.5) is 14.5 Å². The number of benzene rings is 2. The van der Waals surface area contributed by atoms with Gasteiger partial charge in [-0.1, -0.05) is 18.2 Å². The first-order chi connectivity index (χ1) is 12.0. The molecule has 2 aliphatic heterocycles. The van der Waals surface area contributed by atoms with Gasteiger partial charge in [-0.3, -0.25) is 9.69 Å². The molecular formula is C18H16F2N2O3. The number of hydrogen-bond acceptors (Lipinski definition) is 4. The number of carbonyl (C=O) groups excluding carboxylic acids is 1. The van der Waals surface area contributed by atoms with Gasteiger partial charge in [-0.05, 0) is 23.8 Å². The average molecular weight is 346 g/mol. The lowest BCUT2D eigenvalue weighted by atomic mass is 9.81. The standard InChI is InChI=1S/C18H16F2N2O3/c19-14-6-5-13-16(15(14)20)21-17(24)18(13,22-7-9-25-10-8-22)11-1-3-12(23)4-2-11/h1-6,23H,7-10H2,(H,21,24). The molecule has 1 fully saturated rings. The fourth-order valence-electron chi connectivity index (χ4n) is 3.69. The number of hydrogen-bond donors (Lipinski definition) is 2. The third kappa shape index (κ3) is 2.23. The predicted octanol–water partition coefficient (Wildman–Crippen LogP) is 2.20. The smallest absolute Gasteiger partial charge is 0.254 e. The summed E-state index contributed by atoms with van der Waals surface area (Å²) in [5.41, 5.74) is -0.482. The summed E-state index contributed by atoms with van der Waals surface area (Å²) in [7, 11) is 0. The molecule has 25 heavy (non-hydrogen) atoms. The SMILES string of the molecule is O=C1Nc2c(ccc(F)c2F)C1(c1ccc(O)cc1)N1CCOCC1. The van der Waals surface area contributed by atoms with Gasteiger partial charge in [0, 0.05) is 18.7 Å². The third-order valence-corrected chi connectivity index (χ3v) is 4.82. The van der Waals surface area contributed by atoms with Crippen LogP contribution in [-0.4, -0.2) is 42.2 Å². The molecule has 0 bridgehead atoms. The van der Waals surface area contributed by atoms with Crippen LogP contribution in [0, 0.1) is 11.6 Å². The Kier molecular flexibility index (Phi) is 3.70. The zero-order chi connectivity index (χ0) is 17.6. The van der Waals surface area contributed by atoms with Gasteiger partial charge in [0.05, 0.1) is 18.9 Å². The summed E-state index contributed by atoms with van der Waals surface area (Å²) in [5, 5.41) is 12.1. The second-order valence-electron chi connectivity index (χ2n) is 6.09. The van der Waals surface area contributed by atoms with Crippen LogP contribution in [0.15, 0.2) is 36.4 Å². The van der Waals surface area contributed by atoms with Gasteiger partial charge >= 0.3 is 0 Å². The van der Waals surface area contributed by atoms with Crippen molar-refractivity contribution in [2.75, 3.05) is 31.6 Å². The van der Waals surface area contributed by atoms with Gasteiger partial charge in [0.15, 0.2) is 17.2 Å². The Labute approximate surface area is 142 Å². The minimum absolute atomic E-state index is 0.0600. The predicted molar refractivity (Wildman–Crippen MR) is 86.3 cm³/mol. The number of anilines is 1. The number of nitrogens with zero attached hydrogens (tertiary/aromatic N) is 1. The molecule has 2 aromatic carbocycles. The molecule has 0 spiro atoms. The van der Waals surface area contributed by atoms with Gasteiger partial charge in [-0.15, -0.1) is 0 Å². The number of amides is 1. The van der Waals surface area contributed by atoms with E-state index in [4.69, 9.17) is 4.74 Å². The molecule has 2 heterocycles. The fourth-order valence-corrected chi connectivity index (χ4v) is 3.69. The highest BCUT2D eigenvalue weighted by Gasteiger charge is 2.54. The molecule has 1 amide bonds. The van der Waals surface area contributed by atoms with Crippen molar-refractivity contribution < 1.29 is 23.4 Å². The van der Waals surface area contributed by atoms with E-state index in [0.717, 1.165) is 6.07 Å². The molecule has 2 aliphatic rings. The van der Waals surface area contributed by atoms with Crippen molar-refractivity contribution in [3.05, 3.63) is 59.2 Å². The minimum atomic E-state index is -1.29. The first-order valence-corrected chi connectivity index (χ1v) is 7.97.